The lowest BCUT2D eigenvalue weighted by molar-refractivity contribution is -0.0757. The van der Waals surface area contributed by atoms with Gasteiger partial charge in [-0.2, -0.15) is 0 Å². The molecule has 0 saturated heterocycles. The van der Waals surface area contributed by atoms with Crippen molar-refractivity contribution in [2.75, 3.05) is 14.2 Å². The van der Waals surface area contributed by atoms with E-state index in [0.29, 0.717) is 11.5 Å². The van der Waals surface area contributed by atoms with Gasteiger partial charge in [-0.05, 0) is 36.5 Å². The molecule has 1 aromatic carbocycles. The highest BCUT2D eigenvalue weighted by molar-refractivity contribution is 5.93. The molecule has 3 heteroatoms. The van der Waals surface area contributed by atoms with Gasteiger partial charge in [0.15, 0.2) is 0 Å². The van der Waals surface area contributed by atoms with Crippen LogP contribution in [0.15, 0.2) is 24.3 Å². The molecule has 0 spiro atoms. The molecule has 0 heterocycles. The van der Waals surface area contributed by atoms with Crippen molar-refractivity contribution in [3.8, 4) is 0 Å². The number of benzene rings is 1. The molecule has 0 unspecified atom stereocenters. The Bertz CT molecular complexity index is 393. The largest absolute Gasteiger partial charge is 0.277 e. The third-order valence-electron chi connectivity index (χ3n) is 3.79. The Morgan fingerprint density at radius 1 is 1.17 bits per heavy atom. The van der Waals surface area contributed by atoms with Gasteiger partial charge in [-0.3, -0.25) is 9.63 Å². The van der Waals surface area contributed by atoms with Crippen LogP contribution in [0, 0.1) is 0 Å². The maximum atomic E-state index is 11.9. The Labute approximate surface area is 109 Å². The quantitative estimate of drug-likeness (QED) is 0.766. The van der Waals surface area contributed by atoms with Crippen LogP contribution in [0.4, 0.5) is 0 Å². The summed E-state index contributed by atoms with van der Waals surface area (Å²) < 4.78 is 0. The van der Waals surface area contributed by atoms with Gasteiger partial charge in [0.2, 0.25) is 0 Å². The van der Waals surface area contributed by atoms with Crippen LogP contribution in [-0.2, 0) is 4.84 Å². The molecule has 0 atom stereocenters. The van der Waals surface area contributed by atoms with E-state index in [1.807, 2.05) is 12.1 Å². The highest BCUT2D eigenvalue weighted by Gasteiger charge is 2.16. The minimum atomic E-state index is -0.104. The fourth-order valence-corrected chi connectivity index (χ4v) is 2.60. The first-order chi connectivity index (χ1) is 8.72. The molecular formula is C15H21NO2. The van der Waals surface area contributed by atoms with Gasteiger partial charge in [-0.25, -0.2) is 5.06 Å². The van der Waals surface area contributed by atoms with Crippen LogP contribution in [0.5, 0.6) is 0 Å². The molecule has 3 nitrogen and oxygen atoms in total. The summed E-state index contributed by atoms with van der Waals surface area (Å²) in [7, 11) is 3.12. The molecule has 1 aliphatic carbocycles. The zero-order valence-corrected chi connectivity index (χ0v) is 11.2. The molecule has 0 bridgehead atoms. The minimum Gasteiger partial charge on any atom is -0.274 e. The second-order valence-electron chi connectivity index (χ2n) is 4.94. The Morgan fingerprint density at radius 3 is 2.33 bits per heavy atom. The van der Waals surface area contributed by atoms with Gasteiger partial charge in [0.25, 0.3) is 5.91 Å². The van der Waals surface area contributed by atoms with Crippen LogP contribution >= 0.6 is 0 Å². The molecule has 0 aliphatic heterocycles. The van der Waals surface area contributed by atoms with E-state index in [0.717, 1.165) is 0 Å². The van der Waals surface area contributed by atoms with Crippen molar-refractivity contribution >= 4 is 5.91 Å². The summed E-state index contributed by atoms with van der Waals surface area (Å²) in [5, 5.41) is 1.25. The number of hydrogen-bond donors (Lipinski definition) is 0. The van der Waals surface area contributed by atoms with Crippen LogP contribution in [-0.4, -0.2) is 25.1 Å². The highest BCUT2D eigenvalue weighted by atomic mass is 16.7. The Morgan fingerprint density at radius 2 is 1.78 bits per heavy atom. The van der Waals surface area contributed by atoms with E-state index in [9.17, 15) is 4.79 Å². The highest BCUT2D eigenvalue weighted by Crippen LogP contribution is 2.32. The summed E-state index contributed by atoms with van der Waals surface area (Å²) >= 11 is 0. The van der Waals surface area contributed by atoms with Crippen LogP contribution in [0.3, 0.4) is 0 Å². The zero-order valence-electron chi connectivity index (χ0n) is 11.2. The lowest BCUT2D eigenvalue weighted by Gasteiger charge is -2.22. The molecule has 1 aromatic rings. The van der Waals surface area contributed by atoms with Gasteiger partial charge in [-0.1, -0.05) is 31.4 Å². The van der Waals surface area contributed by atoms with Crippen molar-refractivity contribution in [1.29, 1.82) is 0 Å². The Hall–Kier alpha value is -1.35. The molecule has 0 N–H and O–H groups in total. The van der Waals surface area contributed by atoms with Gasteiger partial charge in [0, 0.05) is 12.6 Å². The molecule has 1 saturated carbocycles. The first kappa shape index (κ1) is 13.1. The van der Waals surface area contributed by atoms with Crippen LogP contribution < -0.4 is 0 Å². The maximum absolute atomic E-state index is 11.9. The van der Waals surface area contributed by atoms with E-state index < -0.39 is 0 Å². The average Bonchev–Trinajstić information content (AvgIpc) is 2.47. The smallest absolute Gasteiger partial charge is 0.274 e. The number of hydroxylamine groups is 2. The van der Waals surface area contributed by atoms with Crippen LogP contribution in [0.25, 0.3) is 0 Å². The third kappa shape index (κ3) is 2.91. The summed E-state index contributed by atoms with van der Waals surface area (Å²) in [6.45, 7) is 0. The second-order valence-corrected chi connectivity index (χ2v) is 4.94. The SMILES string of the molecule is CON(C)C(=O)c1ccc(C2CCCCC2)cc1. The number of carbonyl (C=O) groups excluding carboxylic acids is 1. The van der Waals surface area contributed by atoms with Crippen molar-refractivity contribution in [3.63, 3.8) is 0 Å². The minimum absolute atomic E-state index is 0.104. The summed E-state index contributed by atoms with van der Waals surface area (Å²) in [4.78, 5) is 16.8. The standard InChI is InChI=1S/C15H21NO2/c1-16(18-2)15(17)14-10-8-13(9-11-14)12-6-4-3-5-7-12/h8-12H,3-7H2,1-2H3. The van der Waals surface area contributed by atoms with Gasteiger partial charge in [0.1, 0.15) is 0 Å². The topological polar surface area (TPSA) is 29.5 Å². The van der Waals surface area contributed by atoms with Crippen molar-refractivity contribution in [3.05, 3.63) is 35.4 Å². The molecule has 18 heavy (non-hydrogen) atoms. The summed E-state index contributed by atoms with van der Waals surface area (Å²) in [6.07, 6.45) is 6.59. The van der Waals surface area contributed by atoms with Crippen molar-refractivity contribution in [2.24, 2.45) is 0 Å². The lowest BCUT2D eigenvalue weighted by Crippen LogP contribution is -2.25. The van der Waals surface area contributed by atoms with Crippen LogP contribution in [0.1, 0.15) is 53.9 Å². The van der Waals surface area contributed by atoms with Crippen molar-refractivity contribution in [1.82, 2.24) is 5.06 Å². The molecular weight excluding hydrogens is 226 g/mol. The predicted octanol–water partition coefficient (Wildman–Crippen LogP) is 3.37. The fraction of sp³-hybridized carbons (Fsp3) is 0.533. The van der Waals surface area contributed by atoms with Gasteiger partial charge >= 0.3 is 0 Å². The second kappa shape index (κ2) is 6.01. The molecule has 0 radical (unpaired) electrons. The van der Waals surface area contributed by atoms with Gasteiger partial charge in [-0.15, -0.1) is 0 Å². The number of rotatable bonds is 3. The van der Waals surface area contributed by atoms with Crippen molar-refractivity contribution in [2.45, 2.75) is 38.0 Å². The van der Waals surface area contributed by atoms with E-state index in [1.54, 1.807) is 7.05 Å². The number of hydrogen-bond acceptors (Lipinski definition) is 2. The Balaban J connectivity index is 2.07. The average molecular weight is 247 g/mol. The molecule has 98 valence electrons. The van der Waals surface area contributed by atoms with E-state index in [2.05, 4.69) is 12.1 Å². The molecule has 1 amide bonds. The Kier molecular flexibility index (Phi) is 4.37. The van der Waals surface area contributed by atoms with E-state index >= 15 is 0 Å². The monoisotopic (exact) mass is 247 g/mol. The van der Waals surface area contributed by atoms with Crippen LogP contribution in [0.2, 0.25) is 0 Å². The number of amides is 1. The van der Waals surface area contributed by atoms with Gasteiger partial charge in [0.05, 0.1) is 7.11 Å². The normalized spacial score (nSPS) is 16.6. The molecule has 0 aromatic heterocycles. The van der Waals surface area contributed by atoms with Gasteiger partial charge < -0.3 is 0 Å². The summed E-state index contributed by atoms with van der Waals surface area (Å²) in [5.74, 6) is 0.579. The first-order valence-electron chi connectivity index (χ1n) is 6.64. The fourth-order valence-electron chi connectivity index (χ4n) is 2.60. The number of nitrogens with zero attached hydrogens (tertiary/aromatic N) is 1. The lowest BCUT2D eigenvalue weighted by atomic mass is 9.84. The van der Waals surface area contributed by atoms with E-state index in [-0.39, 0.29) is 5.91 Å². The summed E-state index contributed by atoms with van der Waals surface area (Å²) in [6, 6.07) is 7.99. The maximum Gasteiger partial charge on any atom is 0.277 e. The van der Waals surface area contributed by atoms with E-state index in [1.165, 1.54) is 49.8 Å². The third-order valence-corrected chi connectivity index (χ3v) is 3.79. The van der Waals surface area contributed by atoms with E-state index in [4.69, 9.17) is 4.84 Å². The molecule has 1 aliphatic rings. The molecule has 2 rings (SSSR count). The number of carbonyl (C=O) groups is 1. The predicted molar refractivity (Wildman–Crippen MR) is 71.4 cm³/mol. The molecule has 1 fully saturated rings. The van der Waals surface area contributed by atoms with Crippen molar-refractivity contribution < 1.29 is 9.63 Å². The zero-order chi connectivity index (χ0) is 13.0. The summed E-state index contributed by atoms with van der Waals surface area (Å²) in [5.41, 5.74) is 2.05. The first-order valence-corrected chi connectivity index (χ1v) is 6.64.